The lowest BCUT2D eigenvalue weighted by Gasteiger charge is -2.10. The molecule has 2 atom stereocenters. The number of alkyl halides is 1. The van der Waals surface area contributed by atoms with E-state index in [4.69, 9.17) is 0 Å². The van der Waals surface area contributed by atoms with Crippen molar-refractivity contribution in [2.45, 2.75) is 39.0 Å². The molecule has 2 unspecified atom stereocenters. The van der Waals surface area contributed by atoms with Gasteiger partial charge in [-0.25, -0.2) is 4.39 Å². The molecular formula is C8H12F2O3. The summed E-state index contributed by atoms with van der Waals surface area (Å²) in [7, 11) is 0. The van der Waals surface area contributed by atoms with Crippen molar-refractivity contribution in [1.29, 1.82) is 0 Å². The molecule has 0 saturated heterocycles. The smallest absolute Gasteiger partial charge is 0.309 e. The third kappa shape index (κ3) is 7.36. The maximum atomic E-state index is 12.2. The van der Waals surface area contributed by atoms with E-state index in [0.29, 0.717) is 0 Å². The molecule has 0 spiro atoms. The Morgan fingerprint density at radius 2 is 1.85 bits per heavy atom. The topological polar surface area (TPSA) is 43.4 Å². The van der Waals surface area contributed by atoms with E-state index in [-0.39, 0.29) is 6.42 Å². The average molecular weight is 194 g/mol. The highest BCUT2D eigenvalue weighted by Gasteiger charge is 2.15. The summed E-state index contributed by atoms with van der Waals surface area (Å²) < 4.78 is 28.5. The van der Waals surface area contributed by atoms with Gasteiger partial charge in [0.25, 0.3) is 0 Å². The SMILES string of the molecule is CC(F)CC(=O)OC(C)CC(=O)F. The molecule has 0 radical (unpaired) electrons. The van der Waals surface area contributed by atoms with Gasteiger partial charge in [-0.3, -0.25) is 9.59 Å². The number of carbonyl (C=O) groups is 2. The Balaban J connectivity index is 3.71. The lowest BCUT2D eigenvalue weighted by atomic mass is 10.3. The van der Waals surface area contributed by atoms with Crippen LogP contribution in [0.3, 0.4) is 0 Å². The second-order valence-electron chi connectivity index (χ2n) is 2.84. The molecule has 0 aliphatic carbocycles. The van der Waals surface area contributed by atoms with Crippen molar-refractivity contribution < 1.29 is 23.1 Å². The predicted molar refractivity (Wildman–Crippen MR) is 41.5 cm³/mol. The normalized spacial score (nSPS) is 14.8. The number of halogens is 2. The van der Waals surface area contributed by atoms with Crippen LogP contribution in [0, 0.1) is 0 Å². The van der Waals surface area contributed by atoms with Gasteiger partial charge in [-0.05, 0) is 13.8 Å². The third-order valence-electron chi connectivity index (χ3n) is 1.23. The Bertz CT molecular complexity index is 192. The summed E-state index contributed by atoms with van der Waals surface area (Å²) in [5.41, 5.74) is 0. The second-order valence-corrected chi connectivity index (χ2v) is 2.84. The molecule has 0 fully saturated rings. The standard InChI is InChI=1S/C8H12F2O3/c1-5(9)3-8(12)13-6(2)4-7(10)11/h5-6H,3-4H2,1-2H3. The number of ether oxygens (including phenoxy) is 1. The van der Waals surface area contributed by atoms with Crippen LogP contribution in [0.4, 0.5) is 8.78 Å². The zero-order valence-corrected chi connectivity index (χ0v) is 7.55. The van der Waals surface area contributed by atoms with Gasteiger partial charge in [-0.15, -0.1) is 0 Å². The maximum Gasteiger partial charge on any atom is 0.309 e. The lowest BCUT2D eigenvalue weighted by Crippen LogP contribution is -2.19. The average Bonchev–Trinajstić information content (AvgIpc) is 1.80. The summed E-state index contributed by atoms with van der Waals surface area (Å²) in [5.74, 6) is -0.760. The Morgan fingerprint density at radius 3 is 2.23 bits per heavy atom. The first kappa shape index (κ1) is 12.0. The Labute approximate surface area is 75.1 Å². The minimum absolute atomic E-state index is 0.370. The van der Waals surface area contributed by atoms with Crippen LogP contribution in [-0.4, -0.2) is 24.3 Å². The first-order chi connectivity index (χ1) is 5.91. The van der Waals surface area contributed by atoms with Crippen LogP contribution in [-0.2, 0) is 14.3 Å². The molecule has 0 aliphatic rings. The fourth-order valence-corrected chi connectivity index (χ4v) is 0.770. The molecule has 0 aliphatic heterocycles. The van der Waals surface area contributed by atoms with Gasteiger partial charge in [0.2, 0.25) is 0 Å². The van der Waals surface area contributed by atoms with Gasteiger partial charge in [0.15, 0.2) is 0 Å². The highest BCUT2D eigenvalue weighted by molar-refractivity contribution is 5.72. The largest absolute Gasteiger partial charge is 0.462 e. The van der Waals surface area contributed by atoms with E-state index < -0.39 is 30.7 Å². The summed E-state index contributed by atoms with van der Waals surface area (Å²) in [6.07, 6.45) is -2.97. The molecule has 13 heavy (non-hydrogen) atoms. The molecule has 3 nitrogen and oxygen atoms in total. The Kier molecular flexibility index (Phi) is 5.18. The summed E-state index contributed by atoms with van der Waals surface area (Å²) in [4.78, 5) is 20.7. The highest BCUT2D eigenvalue weighted by Crippen LogP contribution is 2.04. The molecular weight excluding hydrogens is 182 g/mol. The number of rotatable bonds is 5. The molecule has 0 amide bonds. The van der Waals surface area contributed by atoms with Crippen LogP contribution >= 0.6 is 0 Å². The molecule has 0 aromatic carbocycles. The zero-order valence-electron chi connectivity index (χ0n) is 7.55. The van der Waals surface area contributed by atoms with Crippen molar-refractivity contribution in [2.75, 3.05) is 0 Å². The summed E-state index contributed by atoms with van der Waals surface area (Å²) in [6.45, 7) is 2.59. The van der Waals surface area contributed by atoms with Crippen LogP contribution in [0.2, 0.25) is 0 Å². The number of hydrogen-bond donors (Lipinski definition) is 0. The van der Waals surface area contributed by atoms with Crippen LogP contribution < -0.4 is 0 Å². The summed E-state index contributed by atoms with van der Waals surface area (Å²) in [6, 6.07) is -1.55. The van der Waals surface area contributed by atoms with Gasteiger partial charge in [0, 0.05) is 0 Å². The maximum absolute atomic E-state index is 12.2. The van der Waals surface area contributed by atoms with E-state index in [1.165, 1.54) is 13.8 Å². The van der Waals surface area contributed by atoms with E-state index in [2.05, 4.69) is 4.74 Å². The van der Waals surface area contributed by atoms with Gasteiger partial charge in [-0.2, -0.15) is 4.39 Å². The van der Waals surface area contributed by atoms with Gasteiger partial charge in [0.1, 0.15) is 12.3 Å². The Hall–Kier alpha value is -1.00. The third-order valence-corrected chi connectivity index (χ3v) is 1.23. The van der Waals surface area contributed by atoms with Gasteiger partial charge < -0.3 is 4.74 Å². The van der Waals surface area contributed by atoms with E-state index in [1.54, 1.807) is 0 Å². The van der Waals surface area contributed by atoms with Crippen molar-refractivity contribution in [2.24, 2.45) is 0 Å². The van der Waals surface area contributed by atoms with Crippen molar-refractivity contribution in [3.63, 3.8) is 0 Å². The van der Waals surface area contributed by atoms with E-state index >= 15 is 0 Å². The summed E-state index contributed by atoms with van der Waals surface area (Å²) in [5, 5.41) is 0. The Morgan fingerprint density at radius 1 is 1.31 bits per heavy atom. The summed E-state index contributed by atoms with van der Waals surface area (Å²) >= 11 is 0. The van der Waals surface area contributed by atoms with Crippen LogP contribution in [0.5, 0.6) is 0 Å². The van der Waals surface area contributed by atoms with E-state index in [1.807, 2.05) is 0 Å². The molecule has 76 valence electrons. The fraction of sp³-hybridized carbons (Fsp3) is 0.750. The molecule has 0 bridgehead atoms. The van der Waals surface area contributed by atoms with E-state index in [0.717, 1.165) is 0 Å². The fourth-order valence-electron chi connectivity index (χ4n) is 0.770. The predicted octanol–water partition coefficient (Wildman–Crippen LogP) is 1.55. The van der Waals surface area contributed by atoms with Crippen molar-refractivity contribution in [3.05, 3.63) is 0 Å². The molecule has 0 aromatic heterocycles. The van der Waals surface area contributed by atoms with Gasteiger partial charge >= 0.3 is 12.0 Å². The number of esters is 1. The van der Waals surface area contributed by atoms with Crippen molar-refractivity contribution >= 4 is 12.0 Å². The van der Waals surface area contributed by atoms with Crippen LogP contribution in [0.25, 0.3) is 0 Å². The first-order valence-corrected chi connectivity index (χ1v) is 3.93. The van der Waals surface area contributed by atoms with Crippen molar-refractivity contribution in [3.8, 4) is 0 Å². The van der Waals surface area contributed by atoms with Gasteiger partial charge in [0.05, 0.1) is 12.8 Å². The van der Waals surface area contributed by atoms with Crippen molar-refractivity contribution in [1.82, 2.24) is 0 Å². The zero-order chi connectivity index (χ0) is 10.4. The molecule has 0 N–H and O–H groups in total. The highest BCUT2D eigenvalue weighted by atomic mass is 19.1. The quantitative estimate of drug-likeness (QED) is 0.492. The number of carbonyl (C=O) groups excluding carboxylic acids is 2. The van der Waals surface area contributed by atoms with E-state index in [9.17, 15) is 18.4 Å². The first-order valence-electron chi connectivity index (χ1n) is 3.93. The second kappa shape index (κ2) is 5.61. The van der Waals surface area contributed by atoms with Gasteiger partial charge in [-0.1, -0.05) is 0 Å². The number of hydrogen-bond acceptors (Lipinski definition) is 3. The minimum atomic E-state index is -1.55. The minimum Gasteiger partial charge on any atom is -0.462 e. The lowest BCUT2D eigenvalue weighted by molar-refractivity contribution is -0.151. The monoisotopic (exact) mass is 194 g/mol. The molecule has 0 rings (SSSR count). The van der Waals surface area contributed by atoms with Crippen LogP contribution in [0.15, 0.2) is 0 Å². The molecule has 0 saturated carbocycles. The van der Waals surface area contributed by atoms with Crippen LogP contribution in [0.1, 0.15) is 26.7 Å². The molecule has 5 heteroatoms. The molecule has 0 aromatic rings. The molecule has 0 heterocycles.